The number of nitrogens with zero attached hydrogens (tertiary/aromatic N) is 3. The summed E-state index contributed by atoms with van der Waals surface area (Å²) in [5.74, 6) is -1.87. The van der Waals surface area contributed by atoms with E-state index < -0.39 is 30.4 Å². The Labute approximate surface area is 237 Å². The van der Waals surface area contributed by atoms with Crippen LogP contribution in [0.3, 0.4) is 0 Å². The summed E-state index contributed by atoms with van der Waals surface area (Å²) in [5, 5.41) is 33.8. The number of carboxylic acid groups (broad SMARTS) is 1. The zero-order chi connectivity index (χ0) is 26.2. The van der Waals surface area contributed by atoms with Crippen molar-refractivity contribution >= 4 is 11.9 Å². The van der Waals surface area contributed by atoms with Gasteiger partial charge in [0.15, 0.2) is 0 Å². The molecule has 37 heavy (non-hydrogen) atoms. The first-order chi connectivity index (χ1) is 17.2. The summed E-state index contributed by atoms with van der Waals surface area (Å²) < 4.78 is 15.4. The molecule has 3 rings (SSSR count). The number of hydrogen-bond donors (Lipinski definition) is 3. The molecule has 3 N–H and O–H groups in total. The predicted octanol–water partition coefficient (Wildman–Crippen LogP) is -1.22. The molecule has 0 aliphatic rings. The molecule has 0 aliphatic heterocycles. The fraction of sp³-hybridized carbons (Fsp3) is 0.385. The van der Waals surface area contributed by atoms with Crippen molar-refractivity contribution in [3.63, 3.8) is 0 Å². The molecule has 0 unspecified atom stereocenters. The van der Waals surface area contributed by atoms with E-state index in [1.165, 1.54) is 12.1 Å². The van der Waals surface area contributed by atoms with Gasteiger partial charge in [-0.05, 0) is 54.7 Å². The van der Waals surface area contributed by atoms with E-state index in [0.29, 0.717) is 17.1 Å². The van der Waals surface area contributed by atoms with Gasteiger partial charge in [-0.15, -0.1) is 0 Å². The summed E-state index contributed by atoms with van der Waals surface area (Å²) in [4.78, 5) is 32.5. The molecule has 1 amide bonds. The minimum absolute atomic E-state index is 0. The maximum atomic E-state index is 13.6. The summed E-state index contributed by atoms with van der Waals surface area (Å²) >= 11 is 0. The molecule has 2 heterocycles. The number of carbonyl (C=O) groups excluding carboxylic acids is 2. The van der Waals surface area contributed by atoms with Gasteiger partial charge in [-0.2, -0.15) is 0 Å². The molecular formula is C26H30FN4NaO5. The fourth-order valence-corrected chi connectivity index (χ4v) is 4.02. The zero-order valence-electron chi connectivity index (χ0n) is 21.2. The second kappa shape index (κ2) is 14.3. The van der Waals surface area contributed by atoms with Crippen LogP contribution in [0, 0.1) is 5.82 Å². The van der Waals surface area contributed by atoms with Crippen LogP contribution in [0.2, 0.25) is 0 Å². The van der Waals surface area contributed by atoms with Crippen molar-refractivity contribution in [1.29, 1.82) is 0 Å². The average molecular weight is 521 g/mol. The summed E-state index contributed by atoms with van der Waals surface area (Å²) in [6, 6.07) is 9.35. The van der Waals surface area contributed by atoms with Gasteiger partial charge in [0, 0.05) is 43.4 Å². The number of rotatable bonds is 12. The molecule has 0 bridgehead atoms. The Hall–Kier alpha value is -2.63. The molecule has 9 nitrogen and oxygen atoms in total. The van der Waals surface area contributed by atoms with Crippen LogP contribution < -0.4 is 40.0 Å². The van der Waals surface area contributed by atoms with Gasteiger partial charge in [0.05, 0.1) is 17.9 Å². The van der Waals surface area contributed by atoms with Gasteiger partial charge in [-0.25, -0.2) is 9.37 Å². The smallest absolute Gasteiger partial charge is 0.550 e. The molecule has 0 fully saturated rings. The molecule has 0 saturated heterocycles. The van der Waals surface area contributed by atoms with E-state index in [0.717, 1.165) is 5.56 Å². The first-order valence-electron chi connectivity index (χ1n) is 11.7. The van der Waals surface area contributed by atoms with Crippen LogP contribution in [0.1, 0.15) is 60.8 Å². The van der Waals surface area contributed by atoms with Crippen LogP contribution in [0.25, 0.3) is 11.4 Å². The van der Waals surface area contributed by atoms with Gasteiger partial charge >= 0.3 is 29.6 Å². The Bertz CT molecular complexity index is 1170. The molecule has 3 aromatic rings. The van der Waals surface area contributed by atoms with Crippen LogP contribution >= 0.6 is 0 Å². The average Bonchev–Trinajstić information content (AvgIpc) is 3.21. The number of aromatic nitrogens is 3. The third kappa shape index (κ3) is 8.72. The van der Waals surface area contributed by atoms with Gasteiger partial charge in [-0.1, -0.05) is 19.9 Å². The second-order valence-electron chi connectivity index (χ2n) is 8.93. The molecule has 0 saturated carbocycles. The van der Waals surface area contributed by atoms with E-state index in [1.54, 1.807) is 30.6 Å². The third-order valence-corrected chi connectivity index (χ3v) is 5.68. The number of aliphatic carboxylic acids is 1. The number of carboxylic acids is 1. The van der Waals surface area contributed by atoms with E-state index in [2.05, 4.69) is 15.3 Å². The maximum Gasteiger partial charge on any atom is 1.00 e. The number of amides is 1. The summed E-state index contributed by atoms with van der Waals surface area (Å²) in [6.07, 6.45) is 0.539. The normalized spacial score (nSPS) is 12.6. The van der Waals surface area contributed by atoms with E-state index in [-0.39, 0.29) is 73.0 Å². The zero-order valence-corrected chi connectivity index (χ0v) is 23.2. The van der Waals surface area contributed by atoms with E-state index >= 15 is 0 Å². The van der Waals surface area contributed by atoms with E-state index in [4.69, 9.17) is 0 Å². The number of aliphatic hydroxyl groups is 2. The van der Waals surface area contributed by atoms with Gasteiger partial charge in [-0.3, -0.25) is 9.78 Å². The molecule has 0 radical (unpaired) electrons. The number of carbonyl (C=O) groups is 2. The molecular weight excluding hydrogens is 490 g/mol. The number of pyridine rings is 1. The van der Waals surface area contributed by atoms with Crippen LogP contribution in [0.5, 0.6) is 0 Å². The van der Waals surface area contributed by atoms with Crippen molar-refractivity contribution in [2.45, 2.75) is 64.3 Å². The van der Waals surface area contributed by atoms with Crippen molar-refractivity contribution in [2.75, 3.05) is 0 Å². The van der Waals surface area contributed by atoms with Gasteiger partial charge in [0.2, 0.25) is 0 Å². The Morgan fingerprint density at radius 1 is 1.14 bits per heavy atom. The topological polar surface area (TPSA) is 140 Å². The van der Waals surface area contributed by atoms with Crippen LogP contribution in [0.15, 0.2) is 48.8 Å². The third-order valence-electron chi connectivity index (χ3n) is 5.68. The number of benzene rings is 1. The first-order valence-corrected chi connectivity index (χ1v) is 11.7. The molecule has 0 aliphatic carbocycles. The van der Waals surface area contributed by atoms with E-state index in [1.807, 2.05) is 24.5 Å². The molecule has 0 spiro atoms. The SMILES string of the molecule is CC(C)c1c(C(=O)NCc2cccnc2)nc(-c2ccc(F)cc2)n1CC[C@@H](O)C[C@@H](O)CC(=O)[O-].[Na+]. The van der Waals surface area contributed by atoms with Crippen molar-refractivity contribution in [3.8, 4) is 11.4 Å². The molecule has 11 heteroatoms. The summed E-state index contributed by atoms with van der Waals surface area (Å²) in [5.41, 5.74) is 2.28. The van der Waals surface area contributed by atoms with E-state index in [9.17, 15) is 29.3 Å². The number of nitrogens with one attached hydrogen (secondary N) is 1. The first kappa shape index (κ1) is 30.6. The number of aliphatic hydroxyl groups excluding tert-OH is 2. The van der Waals surface area contributed by atoms with Crippen LogP contribution in [0.4, 0.5) is 4.39 Å². The number of hydrogen-bond acceptors (Lipinski definition) is 7. The minimum Gasteiger partial charge on any atom is -0.550 e. The van der Waals surface area contributed by atoms with Crippen LogP contribution in [-0.4, -0.2) is 48.8 Å². The Kier molecular flexibility index (Phi) is 11.9. The second-order valence-corrected chi connectivity index (χ2v) is 8.93. The maximum absolute atomic E-state index is 13.6. The number of halogens is 1. The molecule has 192 valence electrons. The monoisotopic (exact) mass is 520 g/mol. The minimum atomic E-state index is -1.40. The Morgan fingerprint density at radius 2 is 1.84 bits per heavy atom. The fourth-order valence-electron chi connectivity index (χ4n) is 4.02. The summed E-state index contributed by atoms with van der Waals surface area (Å²) in [7, 11) is 0. The Balaban J connectivity index is 0.00000481. The van der Waals surface area contributed by atoms with Crippen molar-refractivity contribution in [3.05, 3.63) is 71.6 Å². The number of imidazole rings is 1. The van der Waals surface area contributed by atoms with Gasteiger partial charge in [0.1, 0.15) is 17.3 Å². The van der Waals surface area contributed by atoms with Crippen LogP contribution in [-0.2, 0) is 17.9 Å². The van der Waals surface area contributed by atoms with Crippen molar-refractivity contribution < 1.29 is 58.9 Å². The standard InChI is InChI=1S/C26H31FN4O5.Na/c1-16(2)24-23(26(36)29-15-17-4-3-10-28-14-17)30-25(18-5-7-19(27)8-6-18)31(24)11-9-20(32)12-21(33)13-22(34)35;/h3-8,10,14,16,20-21,32-33H,9,11-13,15H2,1-2H3,(H,29,36)(H,34,35);/q;+1/p-1/t20-,21-;/m1./s1. The van der Waals surface area contributed by atoms with Gasteiger partial charge < -0.3 is 30.0 Å². The van der Waals surface area contributed by atoms with Crippen molar-refractivity contribution in [1.82, 2.24) is 19.9 Å². The molecule has 1 aromatic carbocycles. The molecule has 2 atom stereocenters. The van der Waals surface area contributed by atoms with Crippen molar-refractivity contribution in [2.24, 2.45) is 0 Å². The predicted molar refractivity (Wildman–Crippen MR) is 128 cm³/mol. The molecule has 2 aromatic heterocycles. The largest absolute Gasteiger partial charge is 1.00 e. The Morgan fingerprint density at radius 3 is 2.43 bits per heavy atom. The van der Waals surface area contributed by atoms with Gasteiger partial charge in [0.25, 0.3) is 5.91 Å². The summed E-state index contributed by atoms with van der Waals surface area (Å²) in [6.45, 7) is 4.33. The quantitative estimate of drug-likeness (QED) is 0.255.